The molecule has 1 saturated heterocycles. The zero-order valence-corrected chi connectivity index (χ0v) is 17.1. The predicted octanol–water partition coefficient (Wildman–Crippen LogP) is 4.02. The second-order valence-electron chi connectivity index (χ2n) is 7.80. The van der Waals surface area contributed by atoms with Gasteiger partial charge < -0.3 is 10.2 Å². The maximum atomic E-state index is 4.68. The van der Waals surface area contributed by atoms with Crippen LogP contribution in [0.5, 0.6) is 0 Å². The summed E-state index contributed by atoms with van der Waals surface area (Å²) >= 11 is 0. The minimum Gasteiger partial charge on any atom is -0.369 e. The number of hydrogen-bond donors (Lipinski definition) is 1. The zero-order chi connectivity index (χ0) is 20.6. The van der Waals surface area contributed by atoms with E-state index >= 15 is 0 Å². The molecule has 1 fully saturated rings. The topological polar surface area (TPSA) is 58.4 Å². The Hall–Kier alpha value is -3.77. The fraction of sp³-hybridized carbons (Fsp3) is 0.160. The summed E-state index contributed by atoms with van der Waals surface area (Å²) in [4.78, 5) is 16.1. The van der Waals surface area contributed by atoms with E-state index in [-0.39, 0.29) is 0 Å². The highest BCUT2D eigenvalue weighted by Crippen LogP contribution is 2.29. The minimum absolute atomic E-state index is 0.885. The quantitative estimate of drug-likeness (QED) is 0.490. The van der Waals surface area contributed by atoms with E-state index in [4.69, 9.17) is 0 Å². The normalized spacial score (nSPS) is 14.4. The maximum Gasteiger partial charge on any atom is 0.137 e. The summed E-state index contributed by atoms with van der Waals surface area (Å²) in [6.07, 6.45) is 7.63. The standard InChI is InChI=1S/C25H22N6/c1-2-22-25(28-9-1)21(7-10-27-22)23-17-29-24-16-19(8-13-31(23)24)18-3-5-20(6-4-18)30-14-11-26-12-15-30/h1-10,13,16-17,26H,11-12,14-15H2. The molecule has 0 aliphatic carbocycles. The Kier molecular flexibility index (Phi) is 4.35. The number of rotatable bonds is 3. The summed E-state index contributed by atoms with van der Waals surface area (Å²) in [5.74, 6) is 0. The third-order valence-corrected chi connectivity index (χ3v) is 5.97. The van der Waals surface area contributed by atoms with E-state index in [1.807, 2.05) is 30.6 Å². The van der Waals surface area contributed by atoms with Crippen molar-refractivity contribution in [2.75, 3.05) is 31.1 Å². The number of piperazine rings is 1. The molecule has 0 saturated carbocycles. The van der Waals surface area contributed by atoms with Crippen molar-refractivity contribution in [1.82, 2.24) is 24.7 Å². The van der Waals surface area contributed by atoms with Gasteiger partial charge in [0.2, 0.25) is 0 Å². The van der Waals surface area contributed by atoms with Gasteiger partial charge in [-0.2, -0.15) is 0 Å². The first-order chi connectivity index (χ1) is 15.4. The summed E-state index contributed by atoms with van der Waals surface area (Å²) in [5.41, 5.74) is 8.38. The largest absolute Gasteiger partial charge is 0.369 e. The molecule has 6 heteroatoms. The lowest BCUT2D eigenvalue weighted by Gasteiger charge is -2.29. The van der Waals surface area contributed by atoms with Crippen LogP contribution in [0, 0.1) is 0 Å². The van der Waals surface area contributed by atoms with E-state index < -0.39 is 0 Å². The number of fused-ring (bicyclic) bond motifs is 2. The number of anilines is 1. The summed E-state index contributed by atoms with van der Waals surface area (Å²) in [7, 11) is 0. The molecule has 0 atom stereocenters. The molecule has 31 heavy (non-hydrogen) atoms. The summed E-state index contributed by atoms with van der Waals surface area (Å²) in [6.45, 7) is 4.20. The number of benzene rings is 1. The van der Waals surface area contributed by atoms with Crippen molar-refractivity contribution in [3.8, 4) is 22.4 Å². The highest BCUT2D eigenvalue weighted by atomic mass is 15.2. The number of nitrogens with one attached hydrogen (secondary N) is 1. The highest BCUT2D eigenvalue weighted by Gasteiger charge is 2.13. The van der Waals surface area contributed by atoms with Crippen LogP contribution in [0.3, 0.4) is 0 Å². The molecule has 0 unspecified atom stereocenters. The van der Waals surface area contributed by atoms with E-state index in [9.17, 15) is 0 Å². The Morgan fingerprint density at radius 1 is 0.806 bits per heavy atom. The molecule has 0 radical (unpaired) electrons. The van der Waals surface area contributed by atoms with E-state index in [0.29, 0.717) is 0 Å². The van der Waals surface area contributed by atoms with Gasteiger partial charge in [0.05, 0.1) is 22.9 Å². The first-order valence-corrected chi connectivity index (χ1v) is 10.6. The molecule has 1 aliphatic rings. The van der Waals surface area contributed by atoms with Gasteiger partial charge in [0.1, 0.15) is 5.65 Å². The zero-order valence-electron chi connectivity index (χ0n) is 17.1. The molecule has 1 aromatic carbocycles. The van der Waals surface area contributed by atoms with Gasteiger partial charge in [-0.3, -0.25) is 14.4 Å². The van der Waals surface area contributed by atoms with Crippen LogP contribution in [-0.2, 0) is 0 Å². The molecule has 1 aliphatic heterocycles. The first kappa shape index (κ1) is 18.0. The van der Waals surface area contributed by atoms with Crippen molar-refractivity contribution >= 4 is 22.4 Å². The first-order valence-electron chi connectivity index (χ1n) is 10.6. The lowest BCUT2D eigenvalue weighted by atomic mass is 10.1. The molecule has 1 N–H and O–H groups in total. The van der Waals surface area contributed by atoms with Crippen LogP contribution in [0.25, 0.3) is 39.1 Å². The van der Waals surface area contributed by atoms with Gasteiger partial charge in [-0.15, -0.1) is 0 Å². The Balaban J connectivity index is 1.36. The van der Waals surface area contributed by atoms with E-state index in [1.165, 1.54) is 11.3 Å². The Morgan fingerprint density at radius 3 is 2.55 bits per heavy atom. The molecule has 0 bridgehead atoms. The van der Waals surface area contributed by atoms with Gasteiger partial charge in [-0.1, -0.05) is 12.1 Å². The van der Waals surface area contributed by atoms with Crippen LogP contribution in [-0.4, -0.2) is 45.5 Å². The molecular weight excluding hydrogens is 384 g/mol. The van der Waals surface area contributed by atoms with Crippen LogP contribution in [0.15, 0.2) is 79.4 Å². The van der Waals surface area contributed by atoms with Crippen molar-refractivity contribution in [3.05, 3.63) is 79.4 Å². The van der Waals surface area contributed by atoms with Crippen LogP contribution in [0.4, 0.5) is 5.69 Å². The Bertz CT molecular complexity index is 1360. The number of aromatic nitrogens is 4. The monoisotopic (exact) mass is 406 g/mol. The number of hydrogen-bond acceptors (Lipinski definition) is 5. The third-order valence-electron chi connectivity index (χ3n) is 5.97. The molecule has 4 aromatic heterocycles. The molecule has 6 nitrogen and oxygen atoms in total. The second-order valence-corrected chi connectivity index (χ2v) is 7.80. The van der Waals surface area contributed by atoms with Crippen LogP contribution in [0.2, 0.25) is 0 Å². The van der Waals surface area contributed by atoms with Gasteiger partial charge in [-0.25, -0.2) is 4.98 Å². The summed E-state index contributed by atoms with van der Waals surface area (Å²) < 4.78 is 2.11. The minimum atomic E-state index is 0.885. The summed E-state index contributed by atoms with van der Waals surface area (Å²) in [5, 5.41) is 3.40. The van der Waals surface area contributed by atoms with Gasteiger partial charge in [-0.05, 0) is 53.6 Å². The molecule has 5 heterocycles. The Morgan fingerprint density at radius 2 is 1.68 bits per heavy atom. The van der Waals surface area contributed by atoms with Crippen molar-refractivity contribution in [1.29, 1.82) is 0 Å². The van der Waals surface area contributed by atoms with Crippen molar-refractivity contribution in [2.45, 2.75) is 0 Å². The highest BCUT2D eigenvalue weighted by molar-refractivity contribution is 5.90. The number of pyridine rings is 3. The van der Waals surface area contributed by atoms with Crippen LogP contribution < -0.4 is 10.2 Å². The van der Waals surface area contributed by atoms with Crippen molar-refractivity contribution in [2.24, 2.45) is 0 Å². The molecule has 6 rings (SSSR count). The van der Waals surface area contributed by atoms with E-state index in [2.05, 4.69) is 72.2 Å². The fourth-order valence-corrected chi connectivity index (χ4v) is 4.33. The Labute approximate surface area is 180 Å². The van der Waals surface area contributed by atoms with Crippen molar-refractivity contribution < 1.29 is 0 Å². The number of nitrogens with zero attached hydrogens (tertiary/aromatic N) is 5. The van der Waals surface area contributed by atoms with Gasteiger partial charge >= 0.3 is 0 Å². The van der Waals surface area contributed by atoms with E-state index in [0.717, 1.165) is 59.7 Å². The fourth-order valence-electron chi connectivity index (χ4n) is 4.33. The van der Waals surface area contributed by atoms with E-state index in [1.54, 1.807) is 6.20 Å². The smallest absolute Gasteiger partial charge is 0.137 e. The average Bonchev–Trinajstić information content (AvgIpc) is 3.27. The predicted molar refractivity (Wildman–Crippen MR) is 124 cm³/mol. The van der Waals surface area contributed by atoms with Gasteiger partial charge in [0.15, 0.2) is 0 Å². The number of imidazole rings is 1. The molecule has 0 amide bonds. The maximum absolute atomic E-state index is 4.68. The molecular formula is C25H22N6. The lowest BCUT2D eigenvalue weighted by molar-refractivity contribution is 0.589. The molecule has 152 valence electrons. The van der Waals surface area contributed by atoms with Gasteiger partial charge in [0, 0.05) is 56.0 Å². The lowest BCUT2D eigenvalue weighted by Crippen LogP contribution is -2.43. The third kappa shape index (κ3) is 3.21. The van der Waals surface area contributed by atoms with Gasteiger partial charge in [0.25, 0.3) is 0 Å². The summed E-state index contributed by atoms with van der Waals surface area (Å²) in [6, 6.07) is 19.0. The van der Waals surface area contributed by atoms with Crippen LogP contribution >= 0.6 is 0 Å². The second kappa shape index (κ2) is 7.49. The average molecular weight is 406 g/mol. The molecule has 5 aromatic rings. The molecule has 0 spiro atoms. The van der Waals surface area contributed by atoms with Crippen LogP contribution in [0.1, 0.15) is 0 Å². The van der Waals surface area contributed by atoms with Crippen molar-refractivity contribution in [3.63, 3.8) is 0 Å². The SMILES string of the molecule is c1cnc2c(-c3cnc4cc(-c5ccc(N6CCNCC6)cc5)ccn34)ccnc2c1.